The third kappa shape index (κ3) is 3.08. The molecular weight excluding hydrogens is 450 g/mol. The number of hydrogen-bond donors (Lipinski definition) is 3. The van der Waals surface area contributed by atoms with Gasteiger partial charge < -0.3 is 15.9 Å². The number of carbonyl (C=O) groups is 2. The zero-order valence-corrected chi connectivity index (χ0v) is 23.6. The zero-order valence-electron chi connectivity index (χ0n) is 23.6. The van der Waals surface area contributed by atoms with Gasteiger partial charge in [0.05, 0.1) is 17.1 Å². The Morgan fingerprint density at radius 2 is 1.61 bits per heavy atom. The van der Waals surface area contributed by atoms with Crippen molar-refractivity contribution in [3.05, 3.63) is 11.6 Å². The van der Waals surface area contributed by atoms with Crippen molar-refractivity contribution < 1.29 is 19.8 Å². The van der Waals surface area contributed by atoms with Crippen LogP contribution in [0.2, 0.25) is 0 Å². The first-order chi connectivity index (χ1) is 16.5. The molecule has 2 unspecified atom stereocenters. The maximum atomic E-state index is 14.5. The molecule has 5 heteroatoms. The minimum absolute atomic E-state index is 0.0149. The lowest BCUT2D eigenvalue weighted by atomic mass is 9.38. The summed E-state index contributed by atoms with van der Waals surface area (Å²) in [5, 5.41) is 21.1. The first-order valence-electron chi connectivity index (χ1n) is 14.4. The summed E-state index contributed by atoms with van der Waals surface area (Å²) in [7, 11) is 0. The summed E-state index contributed by atoms with van der Waals surface area (Å²) in [4.78, 5) is 26.8. The quantitative estimate of drug-likeness (QED) is 0.427. The molecule has 4 fully saturated rings. The molecule has 5 nitrogen and oxygen atoms in total. The van der Waals surface area contributed by atoms with Gasteiger partial charge in [-0.1, -0.05) is 53.5 Å². The second-order valence-corrected chi connectivity index (χ2v) is 15.4. The summed E-state index contributed by atoms with van der Waals surface area (Å²) in [5.74, 6) is -0.0899. The van der Waals surface area contributed by atoms with Gasteiger partial charge in [0.15, 0.2) is 5.78 Å². The van der Waals surface area contributed by atoms with Gasteiger partial charge in [-0.2, -0.15) is 0 Å². The van der Waals surface area contributed by atoms with Crippen LogP contribution in [-0.4, -0.2) is 33.6 Å². The molecule has 0 aromatic heterocycles. The number of nitrogens with two attached hydrogens (primary N) is 1. The summed E-state index contributed by atoms with van der Waals surface area (Å²) in [6.07, 6.45) is 9.23. The van der Waals surface area contributed by atoms with E-state index in [1.165, 1.54) is 5.57 Å². The van der Waals surface area contributed by atoms with Gasteiger partial charge >= 0.3 is 5.97 Å². The highest BCUT2D eigenvalue weighted by atomic mass is 16.4. The largest absolute Gasteiger partial charge is 0.481 e. The van der Waals surface area contributed by atoms with Crippen LogP contribution >= 0.6 is 0 Å². The molecule has 0 saturated heterocycles. The number of fused-ring (bicyclic) bond motifs is 7. The van der Waals surface area contributed by atoms with Crippen molar-refractivity contribution in [3.63, 3.8) is 0 Å². The molecule has 10 atom stereocenters. The summed E-state index contributed by atoms with van der Waals surface area (Å²) < 4.78 is 0. The van der Waals surface area contributed by atoms with Gasteiger partial charge in [-0.15, -0.1) is 0 Å². The number of aliphatic hydroxyl groups excluding tert-OH is 1. The first kappa shape index (κ1) is 26.4. The molecule has 0 heterocycles. The molecule has 202 valence electrons. The number of allylic oxidation sites excluding steroid dienone is 1. The van der Waals surface area contributed by atoms with Crippen molar-refractivity contribution in [3.8, 4) is 0 Å². The Balaban J connectivity index is 1.68. The van der Waals surface area contributed by atoms with E-state index < -0.39 is 22.3 Å². The van der Waals surface area contributed by atoms with Crippen LogP contribution < -0.4 is 5.73 Å². The number of hydrogen-bond acceptors (Lipinski definition) is 4. The fraction of sp³-hybridized carbons (Fsp3) is 0.871. The third-order valence-electron chi connectivity index (χ3n) is 13.3. The topological polar surface area (TPSA) is 101 Å². The Morgan fingerprint density at radius 3 is 2.25 bits per heavy atom. The summed E-state index contributed by atoms with van der Waals surface area (Å²) >= 11 is 0. The second kappa shape index (κ2) is 7.68. The number of aliphatic carboxylic acids is 1. The molecule has 4 saturated carbocycles. The third-order valence-corrected chi connectivity index (χ3v) is 13.3. The van der Waals surface area contributed by atoms with Gasteiger partial charge in [0.2, 0.25) is 0 Å². The van der Waals surface area contributed by atoms with Crippen molar-refractivity contribution in [2.24, 2.45) is 56.5 Å². The average molecular weight is 500 g/mol. The van der Waals surface area contributed by atoms with E-state index in [1.54, 1.807) is 0 Å². The smallest absolute Gasteiger partial charge is 0.309 e. The molecular formula is C31H49NO4. The average Bonchev–Trinajstić information content (AvgIpc) is 2.88. The van der Waals surface area contributed by atoms with Crippen LogP contribution in [0.1, 0.15) is 106 Å². The van der Waals surface area contributed by atoms with Crippen LogP contribution in [0.3, 0.4) is 0 Å². The molecule has 0 spiro atoms. The number of rotatable bonds is 1. The second-order valence-electron chi connectivity index (χ2n) is 15.4. The van der Waals surface area contributed by atoms with Gasteiger partial charge in [0.1, 0.15) is 0 Å². The van der Waals surface area contributed by atoms with E-state index in [9.17, 15) is 19.8 Å². The lowest BCUT2D eigenvalue weighted by Crippen LogP contribution is -2.74. The normalized spacial score (nSPS) is 54.2. The Labute approximate surface area is 217 Å². The van der Waals surface area contributed by atoms with Gasteiger partial charge in [-0.05, 0) is 110 Å². The highest BCUT2D eigenvalue weighted by Gasteiger charge is 2.71. The van der Waals surface area contributed by atoms with Crippen LogP contribution in [0.5, 0.6) is 0 Å². The van der Waals surface area contributed by atoms with Gasteiger partial charge in [-0.3, -0.25) is 9.59 Å². The first-order valence-corrected chi connectivity index (χ1v) is 14.4. The predicted octanol–water partition coefficient (Wildman–Crippen LogP) is 5.74. The number of aliphatic hydroxyl groups is 1. The molecule has 0 bridgehead atoms. The summed E-state index contributed by atoms with van der Waals surface area (Å²) in [6.45, 7) is 15.5. The number of carboxylic acids is 1. The van der Waals surface area contributed by atoms with Crippen molar-refractivity contribution >= 4 is 11.8 Å². The molecule has 5 rings (SSSR count). The van der Waals surface area contributed by atoms with E-state index in [-0.39, 0.29) is 51.8 Å². The maximum Gasteiger partial charge on any atom is 0.309 e. The van der Waals surface area contributed by atoms with Crippen LogP contribution in [0.25, 0.3) is 0 Å². The predicted molar refractivity (Wildman–Crippen MR) is 141 cm³/mol. The molecule has 4 N–H and O–H groups in total. The Hall–Kier alpha value is -1.20. The van der Waals surface area contributed by atoms with Crippen molar-refractivity contribution in [1.29, 1.82) is 0 Å². The van der Waals surface area contributed by atoms with E-state index in [0.29, 0.717) is 19.3 Å². The molecule has 0 amide bonds. The standard InChI is InChI=1S/C31H49NO4/c1-18-8-9-21-26(2,3)22(33)10-11-30(21,7)31(32)23(34)16-19-20-17-28(5,25(35)36)13-12-27(20,4)14-15-29(19,6)24(18)31/h16,18,20-22,24,33H,8-15,17,32H2,1-7H3,(H,35,36)/t18-,20-,21?,22+,24?,27-,28+,29-,30+,31-/m1/s1. The molecule has 0 aliphatic heterocycles. The monoisotopic (exact) mass is 499 g/mol. The highest BCUT2D eigenvalue weighted by molar-refractivity contribution is 6.01. The minimum Gasteiger partial charge on any atom is -0.481 e. The SMILES string of the molecule is C[C@@H]1CCC2C(C)(C)[C@@H](O)CC[C@]2(C)[C@@]2(N)C(=O)C=C3[C@H]4C[C@@](C)(C(=O)O)CC[C@]4(C)CC[C@@]3(C)C12. The number of carbonyl (C=O) groups excluding carboxylic acids is 1. The molecule has 0 aromatic carbocycles. The molecule has 0 aromatic rings. The van der Waals surface area contributed by atoms with E-state index >= 15 is 0 Å². The van der Waals surface area contributed by atoms with Gasteiger partial charge in [-0.25, -0.2) is 0 Å². The fourth-order valence-electron chi connectivity index (χ4n) is 10.6. The minimum atomic E-state index is -0.984. The van der Waals surface area contributed by atoms with E-state index in [0.717, 1.165) is 38.5 Å². The Bertz CT molecular complexity index is 1020. The molecule has 5 aliphatic carbocycles. The summed E-state index contributed by atoms with van der Waals surface area (Å²) in [5.41, 5.74) is 6.17. The lowest BCUT2D eigenvalue weighted by molar-refractivity contribution is -0.164. The van der Waals surface area contributed by atoms with Crippen molar-refractivity contribution in [2.45, 2.75) is 118 Å². The zero-order chi connectivity index (χ0) is 26.7. The maximum absolute atomic E-state index is 14.5. The summed E-state index contributed by atoms with van der Waals surface area (Å²) in [6, 6.07) is 0. The fourth-order valence-corrected chi connectivity index (χ4v) is 10.6. The molecule has 36 heavy (non-hydrogen) atoms. The van der Waals surface area contributed by atoms with Crippen molar-refractivity contribution in [1.82, 2.24) is 0 Å². The van der Waals surface area contributed by atoms with Crippen molar-refractivity contribution in [2.75, 3.05) is 0 Å². The van der Waals surface area contributed by atoms with Crippen LogP contribution in [0.15, 0.2) is 11.6 Å². The van der Waals surface area contributed by atoms with Crippen LogP contribution in [0, 0.1) is 50.7 Å². The lowest BCUT2D eigenvalue weighted by Gasteiger charge is -2.66. The highest BCUT2D eigenvalue weighted by Crippen LogP contribution is 2.71. The molecule has 5 aliphatic rings. The Morgan fingerprint density at radius 1 is 0.972 bits per heavy atom. The van der Waals surface area contributed by atoms with E-state index in [4.69, 9.17) is 5.73 Å². The molecule has 0 radical (unpaired) electrons. The van der Waals surface area contributed by atoms with E-state index in [1.807, 2.05) is 13.0 Å². The van der Waals surface area contributed by atoms with Gasteiger partial charge in [0, 0.05) is 0 Å². The Kier molecular flexibility index (Phi) is 5.64. The van der Waals surface area contributed by atoms with Gasteiger partial charge in [0.25, 0.3) is 0 Å². The van der Waals surface area contributed by atoms with E-state index in [2.05, 4.69) is 41.5 Å². The number of ketones is 1. The van der Waals surface area contributed by atoms with Crippen LogP contribution in [-0.2, 0) is 9.59 Å². The van der Waals surface area contributed by atoms with Crippen LogP contribution in [0.4, 0.5) is 0 Å². The number of carboxylic acid groups (broad SMARTS) is 1.